The van der Waals surface area contributed by atoms with Crippen molar-refractivity contribution in [3.05, 3.63) is 0 Å². The molecule has 2 heterocycles. The van der Waals surface area contributed by atoms with Gasteiger partial charge >= 0.3 is 0 Å². The summed E-state index contributed by atoms with van der Waals surface area (Å²) in [5, 5.41) is 3.21. The van der Waals surface area contributed by atoms with Gasteiger partial charge in [0.05, 0.1) is 0 Å². The van der Waals surface area contributed by atoms with Crippen LogP contribution in [0.2, 0.25) is 0 Å². The Morgan fingerprint density at radius 3 is 2.24 bits per heavy atom. The Morgan fingerprint density at radius 2 is 1.60 bits per heavy atom. The van der Waals surface area contributed by atoms with Gasteiger partial charge in [0, 0.05) is 25.6 Å². The van der Waals surface area contributed by atoms with Gasteiger partial charge < -0.3 is 15.1 Å². The zero-order valence-electron chi connectivity index (χ0n) is 15.5. The second-order valence-electron chi connectivity index (χ2n) is 7.83. The van der Waals surface area contributed by atoms with E-state index in [9.17, 15) is 9.59 Å². The molecule has 3 aliphatic rings. The summed E-state index contributed by atoms with van der Waals surface area (Å²) < 4.78 is 0. The van der Waals surface area contributed by atoms with Crippen LogP contribution in [-0.2, 0) is 9.59 Å². The molecule has 2 amide bonds. The maximum Gasteiger partial charge on any atom is 0.245 e. The van der Waals surface area contributed by atoms with Gasteiger partial charge in [0.1, 0.15) is 6.04 Å². The number of piperidine rings is 1. The molecule has 0 bridgehead atoms. The van der Waals surface area contributed by atoms with Crippen molar-refractivity contribution in [3.8, 4) is 0 Å². The lowest BCUT2D eigenvalue weighted by atomic mass is 9.93. The van der Waals surface area contributed by atoms with Gasteiger partial charge in [0.15, 0.2) is 0 Å². The first kappa shape index (κ1) is 20.5. The predicted octanol–water partition coefficient (Wildman–Crippen LogP) is 2.44. The summed E-state index contributed by atoms with van der Waals surface area (Å²) in [4.78, 5) is 29.7. The third-order valence-corrected chi connectivity index (χ3v) is 6.25. The average molecular weight is 372 g/mol. The van der Waals surface area contributed by atoms with Crippen LogP contribution in [0, 0.1) is 11.8 Å². The Kier molecular flexibility index (Phi) is 8.01. The van der Waals surface area contributed by atoms with E-state index in [0.29, 0.717) is 0 Å². The minimum absolute atomic E-state index is 0. The highest BCUT2D eigenvalue weighted by molar-refractivity contribution is 5.89. The van der Waals surface area contributed by atoms with Crippen LogP contribution in [-0.4, -0.2) is 60.9 Å². The van der Waals surface area contributed by atoms with E-state index < -0.39 is 0 Å². The van der Waals surface area contributed by atoms with Crippen LogP contribution in [0.15, 0.2) is 0 Å². The normalized spacial score (nSPS) is 25.2. The molecule has 6 heteroatoms. The lowest BCUT2D eigenvalue weighted by Gasteiger charge is -2.36. The summed E-state index contributed by atoms with van der Waals surface area (Å²) in [6.45, 7) is 3.58. The Bertz CT molecular complexity index is 446. The summed E-state index contributed by atoms with van der Waals surface area (Å²) in [7, 11) is 1.99. The number of hydrogen-bond donors (Lipinski definition) is 1. The van der Waals surface area contributed by atoms with Gasteiger partial charge in [-0.05, 0) is 64.5 Å². The van der Waals surface area contributed by atoms with Crippen LogP contribution in [0.25, 0.3) is 0 Å². The van der Waals surface area contributed by atoms with E-state index in [1.54, 1.807) is 0 Å². The molecule has 0 aromatic heterocycles. The van der Waals surface area contributed by atoms with Crippen molar-refractivity contribution in [2.75, 3.05) is 33.2 Å². The largest absolute Gasteiger partial charge is 0.341 e. The minimum atomic E-state index is -0.174. The van der Waals surface area contributed by atoms with E-state index in [1.165, 1.54) is 19.3 Å². The lowest BCUT2D eigenvalue weighted by Crippen LogP contribution is -2.51. The van der Waals surface area contributed by atoms with E-state index >= 15 is 0 Å². The average Bonchev–Trinajstić information content (AvgIpc) is 3.30. The van der Waals surface area contributed by atoms with Gasteiger partial charge in [-0.15, -0.1) is 12.4 Å². The summed E-state index contributed by atoms with van der Waals surface area (Å²) in [5.74, 6) is 1.39. The van der Waals surface area contributed by atoms with E-state index in [0.717, 1.165) is 70.6 Å². The van der Waals surface area contributed by atoms with Crippen LogP contribution in [0.5, 0.6) is 0 Å². The molecule has 1 atom stereocenters. The number of amides is 2. The SMILES string of the molecule is CNCCC1CCN(C(=O)C2CCCN2C(=O)C2CCCC2)CC1.Cl. The highest BCUT2D eigenvalue weighted by Gasteiger charge is 2.40. The van der Waals surface area contributed by atoms with Crippen molar-refractivity contribution >= 4 is 24.2 Å². The Hall–Kier alpha value is -0.810. The first-order valence-corrected chi connectivity index (χ1v) is 9.94. The first-order chi connectivity index (χ1) is 11.7. The number of likely N-dealkylation sites (tertiary alicyclic amines) is 2. The summed E-state index contributed by atoms with van der Waals surface area (Å²) in [5.41, 5.74) is 0. The third kappa shape index (κ3) is 4.88. The summed E-state index contributed by atoms with van der Waals surface area (Å²) in [6.07, 6.45) is 9.64. The van der Waals surface area contributed by atoms with Crippen LogP contribution in [0.3, 0.4) is 0 Å². The van der Waals surface area contributed by atoms with Crippen LogP contribution >= 0.6 is 12.4 Å². The van der Waals surface area contributed by atoms with E-state index in [2.05, 4.69) is 5.32 Å². The fourth-order valence-corrected chi connectivity index (χ4v) is 4.70. The lowest BCUT2D eigenvalue weighted by molar-refractivity contribution is -0.146. The zero-order chi connectivity index (χ0) is 16.9. The van der Waals surface area contributed by atoms with Crippen molar-refractivity contribution in [1.29, 1.82) is 0 Å². The molecular formula is C19H34ClN3O2. The zero-order valence-corrected chi connectivity index (χ0v) is 16.4. The predicted molar refractivity (Wildman–Crippen MR) is 102 cm³/mol. The molecule has 3 rings (SSSR count). The number of rotatable bonds is 5. The van der Waals surface area contributed by atoms with Gasteiger partial charge in [0.2, 0.25) is 11.8 Å². The summed E-state index contributed by atoms with van der Waals surface area (Å²) >= 11 is 0. The molecule has 25 heavy (non-hydrogen) atoms. The standard InChI is InChI=1S/C19H33N3O2.ClH/c1-20-11-8-15-9-13-21(14-10-15)19(24)17-7-4-12-22(17)18(23)16-5-2-3-6-16;/h15-17,20H,2-14H2,1H3;1H. The van der Waals surface area contributed by atoms with E-state index in [-0.39, 0.29) is 36.2 Å². The van der Waals surface area contributed by atoms with Gasteiger partial charge in [-0.3, -0.25) is 9.59 Å². The van der Waals surface area contributed by atoms with Crippen molar-refractivity contribution < 1.29 is 9.59 Å². The van der Waals surface area contributed by atoms with Gasteiger partial charge in [-0.25, -0.2) is 0 Å². The molecule has 0 aromatic rings. The van der Waals surface area contributed by atoms with E-state index in [1.807, 2.05) is 16.8 Å². The molecule has 2 saturated heterocycles. The van der Waals surface area contributed by atoms with Crippen molar-refractivity contribution in [2.45, 2.75) is 63.8 Å². The molecular weight excluding hydrogens is 338 g/mol. The second-order valence-corrected chi connectivity index (χ2v) is 7.83. The van der Waals surface area contributed by atoms with Crippen LogP contribution in [0.4, 0.5) is 0 Å². The highest BCUT2D eigenvalue weighted by Crippen LogP contribution is 2.31. The number of nitrogens with zero attached hydrogens (tertiary/aromatic N) is 2. The molecule has 5 nitrogen and oxygen atoms in total. The smallest absolute Gasteiger partial charge is 0.245 e. The fourth-order valence-electron chi connectivity index (χ4n) is 4.70. The molecule has 1 aliphatic carbocycles. The quantitative estimate of drug-likeness (QED) is 0.807. The molecule has 1 unspecified atom stereocenters. The number of carbonyl (C=O) groups excluding carboxylic acids is 2. The Morgan fingerprint density at radius 1 is 0.920 bits per heavy atom. The molecule has 1 N–H and O–H groups in total. The maximum atomic E-state index is 13.0. The number of carbonyl (C=O) groups is 2. The molecule has 2 aliphatic heterocycles. The van der Waals surface area contributed by atoms with E-state index in [4.69, 9.17) is 0 Å². The molecule has 0 spiro atoms. The van der Waals surface area contributed by atoms with Gasteiger partial charge in [-0.2, -0.15) is 0 Å². The second kappa shape index (κ2) is 9.77. The third-order valence-electron chi connectivity index (χ3n) is 6.25. The maximum absolute atomic E-state index is 13.0. The molecule has 3 fully saturated rings. The number of nitrogens with one attached hydrogen (secondary N) is 1. The van der Waals surface area contributed by atoms with Crippen LogP contribution in [0.1, 0.15) is 57.8 Å². The number of hydrogen-bond acceptors (Lipinski definition) is 3. The van der Waals surface area contributed by atoms with Crippen molar-refractivity contribution in [3.63, 3.8) is 0 Å². The van der Waals surface area contributed by atoms with Crippen molar-refractivity contribution in [1.82, 2.24) is 15.1 Å². The topological polar surface area (TPSA) is 52.7 Å². The van der Waals surface area contributed by atoms with Gasteiger partial charge in [0.25, 0.3) is 0 Å². The number of halogens is 1. The molecule has 144 valence electrons. The summed E-state index contributed by atoms with van der Waals surface area (Å²) in [6, 6.07) is -0.174. The minimum Gasteiger partial charge on any atom is -0.341 e. The highest BCUT2D eigenvalue weighted by atomic mass is 35.5. The molecule has 0 radical (unpaired) electrons. The van der Waals surface area contributed by atoms with Crippen molar-refractivity contribution in [2.24, 2.45) is 11.8 Å². The monoisotopic (exact) mass is 371 g/mol. The Labute approximate surface area is 158 Å². The first-order valence-electron chi connectivity index (χ1n) is 9.94. The Balaban J connectivity index is 0.00000225. The van der Waals surface area contributed by atoms with Crippen LogP contribution < -0.4 is 5.32 Å². The fraction of sp³-hybridized carbons (Fsp3) is 0.895. The molecule has 0 aromatic carbocycles. The molecule has 1 saturated carbocycles. The van der Waals surface area contributed by atoms with Gasteiger partial charge in [-0.1, -0.05) is 12.8 Å².